The first-order valence-corrected chi connectivity index (χ1v) is 10.6. The lowest BCUT2D eigenvalue weighted by Crippen LogP contribution is -2.27. The van der Waals surface area contributed by atoms with Gasteiger partial charge in [-0.15, -0.1) is 0 Å². The molecule has 0 amide bonds. The number of halogens is 1. The summed E-state index contributed by atoms with van der Waals surface area (Å²) >= 11 is 0. The van der Waals surface area contributed by atoms with Crippen molar-refractivity contribution >= 4 is 11.6 Å². The second-order valence-corrected chi connectivity index (χ2v) is 7.62. The van der Waals surface area contributed by atoms with Crippen LogP contribution in [0.25, 0.3) is 16.8 Å². The number of nitriles is 1. The van der Waals surface area contributed by atoms with Gasteiger partial charge in [-0.05, 0) is 37.6 Å². The van der Waals surface area contributed by atoms with Gasteiger partial charge in [0.1, 0.15) is 34.4 Å². The van der Waals surface area contributed by atoms with Crippen LogP contribution in [0.1, 0.15) is 34.1 Å². The zero-order valence-electron chi connectivity index (χ0n) is 19.0. The van der Waals surface area contributed by atoms with E-state index in [1.54, 1.807) is 68.0 Å². The third-order valence-electron chi connectivity index (χ3n) is 5.66. The maximum atomic E-state index is 14.5. The first kappa shape index (κ1) is 22.8. The van der Waals surface area contributed by atoms with Crippen LogP contribution < -0.4 is 10.3 Å². The molecule has 0 unspecified atom stereocenters. The van der Waals surface area contributed by atoms with E-state index in [1.807, 2.05) is 0 Å². The Kier molecular flexibility index (Phi) is 6.19. The molecule has 0 atom stereocenters. The summed E-state index contributed by atoms with van der Waals surface area (Å²) in [4.78, 5) is 26.0. The van der Waals surface area contributed by atoms with Crippen LogP contribution >= 0.6 is 0 Å². The molecule has 0 bridgehead atoms. The average Bonchev–Trinajstić information content (AvgIpc) is 3.15. The summed E-state index contributed by atoms with van der Waals surface area (Å²) in [5.74, 6) is -0.573. The Bertz CT molecular complexity index is 1490. The molecule has 2 heterocycles. The highest BCUT2D eigenvalue weighted by molar-refractivity contribution is 5.90. The molecule has 34 heavy (non-hydrogen) atoms. The predicted octanol–water partition coefficient (Wildman–Crippen LogP) is 4.32. The van der Waals surface area contributed by atoms with E-state index in [-0.39, 0.29) is 29.9 Å². The van der Waals surface area contributed by atoms with E-state index in [9.17, 15) is 19.2 Å². The van der Waals surface area contributed by atoms with Gasteiger partial charge in [-0.3, -0.25) is 9.20 Å². The first-order chi connectivity index (χ1) is 16.4. The van der Waals surface area contributed by atoms with Crippen molar-refractivity contribution in [2.45, 2.75) is 20.4 Å². The molecule has 0 aliphatic carbocycles. The van der Waals surface area contributed by atoms with Crippen LogP contribution in [0.3, 0.4) is 0 Å². The number of benzene rings is 2. The molecule has 0 aliphatic rings. The van der Waals surface area contributed by atoms with Crippen LogP contribution in [0, 0.1) is 24.1 Å². The number of methoxy groups -OCH3 is 1. The summed E-state index contributed by atoms with van der Waals surface area (Å²) in [6.07, 6.45) is 1.33. The Morgan fingerprint density at radius 2 is 1.85 bits per heavy atom. The fourth-order valence-corrected chi connectivity index (χ4v) is 4.08. The second kappa shape index (κ2) is 9.24. The van der Waals surface area contributed by atoms with Crippen molar-refractivity contribution < 1.29 is 18.7 Å². The smallest absolute Gasteiger partial charge is 0.345 e. The van der Waals surface area contributed by atoms with Gasteiger partial charge >= 0.3 is 5.97 Å². The molecule has 2 aromatic carbocycles. The number of carbonyl (C=O) groups is 1. The third kappa shape index (κ3) is 3.82. The number of aryl methyl sites for hydroxylation is 1. The maximum Gasteiger partial charge on any atom is 0.345 e. The van der Waals surface area contributed by atoms with Crippen molar-refractivity contribution in [2.75, 3.05) is 13.7 Å². The highest BCUT2D eigenvalue weighted by Gasteiger charge is 2.25. The molecule has 7 nitrogen and oxygen atoms in total. The zero-order valence-corrected chi connectivity index (χ0v) is 19.0. The Hall–Kier alpha value is -4.38. The van der Waals surface area contributed by atoms with E-state index in [0.717, 1.165) is 0 Å². The minimum Gasteiger partial charge on any atom is -0.497 e. The lowest BCUT2D eigenvalue weighted by Gasteiger charge is -2.13. The first-order valence-electron chi connectivity index (χ1n) is 10.6. The van der Waals surface area contributed by atoms with Crippen LogP contribution in [0.15, 0.2) is 59.5 Å². The SMILES string of the molecule is CCOC(=O)c1cn(Cc2ccccc2F)c2c(C#N)c(-c3ccc(OC)cc3)c(C)n2c1=O. The van der Waals surface area contributed by atoms with Gasteiger partial charge in [-0.25, -0.2) is 9.18 Å². The number of carbonyl (C=O) groups excluding carboxylic acids is 1. The molecule has 0 saturated heterocycles. The summed E-state index contributed by atoms with van der Waals surface area (Å²) in [6, 6.07) is 15.5. The van der Waals surface area contributed by atoms with Crippen LogP contribution in [0.2, 0.25) is 0 Å². The summed E-state index contributed by atoms with van der Waals surface area (Å²) in [7, 11) is 1.56. The monoisotopic (exact) mass is 459 g/mol. The van der Waals surface area contributed by atoms with Gasteiger partial charge in [0.05, 0.1) is 20.3 Å². The Morgan fingerprint density at radius 3 is 2.47 bits per heavy atom. The number of hydrogen-bond donors (Lipinski definition) is 0. The summed E-state index contributed by atoms with van der Waals surface area (Å²) < 4.78 is 27.7. The fraction of sp³-hybridized carbons (Fsp3) is 0.192. The van der Waals surface area contributed by atoms with Crippen LogP contribution in [-0.4, -0.2) is 28.7 Å². The molecule has 4 aromatic rings. The second-order valence-electron chi connectivity index (χ2n) is 7.62. The zero-order chi connectivity index (χ0) is 24.4. The fourth-order valence-electron chi connectivity index (χ4n) is 4.08. The van der Waals surface area contributed by atoms with Crippen molar-refractivity contribution in [3.05, 3.63) is 93.3 Å². The minimum atomic E-state index is -0.783. The van der Waals surface area contributed by atoms with E-state index in [2.05, 4.69) is 6.07 Å². The minimum absolute atomic E-state index is 0.00302. The summed E-state index contributed by atoms with van der Waals surface area (Å²) in [5.41, 5.74) is 1.78. The lowest BCUT2D eigenvalue weighted by molar-refractivity contribution is 0.0523. The lowest BCUT2D eigenvalue weighted by atomic mass is 10.0. The molecule has 0 saturated carbocycles. The van der Waals surface area contributed by atoms with Gasteiger partial charge in [0.15, 0.2) is 0 Å². The van der Waals surface area contributed by atoms with E-state index in [0.29, 0.717) is 28.1 Å². The van der Waals surface area contributed by atoms with Gasteiger partial charge in [0, 0.05) is 23.0 Å². The molecule has 4 rings (SSSR count). The Morgan fingerprint density at radius 1 is 1.15 bits per heavy atom. The van der Waals surface area contributed by atoms with Gasteiger partial charge in [0.25, 0.3) is 5.56 Å². The van der Waals surface area contributed by atoms with Crippen molar-refractivity contribution in [2.24, 2.45) is 0 Å². The predicted molar refractivity (Wildman–Crippen MR) is 125 cm³/mol. The molecule has 8 heteroatoms. The standard InChI is InChI=1S/C26H22FN3O4/c1-4-34-26(32)21-15-29(14-18-7-5-6-8-22(18)27)24-20(13-28)23(16(2)30(24)25(21)31)17-9-11-19(33-3)12-10-17/h5-12,15H,4,14H2,1-3H3. The molecular weight excluding hydrogens is 437 g/mol. The van der Waals surface area contributed by atoms with Crippen molar-refractivity contribution in [3.63, 3.8) is 0 Å². The topological polar surface area (TPSA) is 85.7 Å². The summed E-state index contributed by atoms with van der Waals surface area (Å²) in [6.45, 7) is 3.44. The van der Waals surface area contributed by atoms with Gasteiger partial charge in [-0.2, -0.15) is 5.26 Å². The van der Waals surface area contributed by atoms with Crippen LogP contribution in [-0.2, 0) is 11.3 Å². The molecule has 172 valence electrons. The number of hydrogen-bond acceptors (Lipinski definition) is 5. The molecular formula is C26H22FN3O4. The third-order valence-corrected chi connectivity index (χ3v) is 5.66. The number of nitrogens with zero attached hydrogens (tertiary/aromatic N) is 3. The molecule has 0 fully saturated rings. The van der Waals surface area contributed by atoms with Crippen LogP contribution in [0.5, 0.6) is 5.75 Å². The molecule has 0 aliphatic heterocycles. The van der Waals surface area contributed by atoms with Gasteiger partial charge in [-0.1, -0.05) is 30.3 Å². The Balaban J connectivity index is 2.07. The largest absolute Gasteiger partial charge is 0.497 e. The molecule has 2 aromatic heterocycles. The highest BCUT2D eigenvalue weighted by atomic mass is 19.1. The number of fused-ring (bicyclic) bond motifs is 1. The molecule has 0 N–H and O–H groups in total. The highest BCUT2D eigenvalue weighted by Crippen LogP contribution is 2.33. The van der Waals surface area contributed by atoms with Crippen molar-refractivity contribution in [3.8, 4) is 22.9 Å². The number of rotatable bonds is 6. The van der Waals surface area contributed by atoms with Crippen molar-refractivity contribution in [1.29, 1.82) is 5.26 Å². The molecule has 0 radical (unpaired) electrons. The van der Waals surface area contributed by atoms with E-state index in [1.165, 1.54) is 16.7 Å². The number of ether oxygens (including phenoxy) is 2. The average molecular weight is 459 g/mol. The Labute approximate surface area is 195 Å². The summed E-state index contributed by atoms with van der Waals surface area (Å²) in [5, 5.41) is 10.1. The van der Waals surface area contributed by atoms with E-state index in [4.69, 9.17) is 9.47 Å². The van der Waals surface area contributed by atoms with E-state index < -0.39 is 17.3 Å². The van der Waals surface area contributed by atoms with Crippen molar-refractivity contribution in [1.82, 2.24) is 8.97 Å². The number of esters is 1. The number of aromatic nitrogens is 2. The maximum absolute atomic E-state index is 14.5. The quantitative estimate of drug-likeness (QED) is 0.401. The normalized spacial score (nSPS) is 10.8. The van der Waals surface area contributed by atoms with Gasteiger partial charge < -0.3 is 14.0 Å². The van der Waals surface area contributed by atoms with Gasteiger partial charge in [0.2, 0.25) is 0 Å². The van der Waals surface area contributed by atoms with Crippen LogP contribution in [0.4, 0.5) is 4.39 Å². The van der Waals surface area contributed by atoms with E-state index >= 15 is 0 Å². The molecule has 0 spiro atoms.